The smallest absolute Gasteiger partial charge is 0.339 e. The first-order chi connectivity index (χ1) is 12.0. The molecular formula is C20H18FNO3. The maximum atomic E-state index is 13.0. The van der Waals surface area contributed by atoms with Crippen LogP contribution in [-0.2, 0) is 9.53 Å². The fraction of sp³-hybridized carbons (Fsp3) is 0.200. The van der Waals surface area contributed by atoms with E-state index in [0.29, 0.717) is 11.1 Å². The number of benzene rings is 2. The predicted octanol–water partition coefficient (Wildman–Crippen LogP) is 3.78. The van der Waals surface area contributed by atoms with E-state index in [1.54, 1.807) is 12.1 Å². The normalized spacial score (nSPS) is 14.7. The Morgan fingerprint density at radius 2 is 1.72 bits per heavy atom. The molecule has 0 aliphatic heterocycles. The Kier molecular flexibility index (Phi) is 4.93. The van der Waals surface area contributed by atoms with Crippen molar-refractivity contribution in [3.05, 3.63) is 77.1 Å². The number of hydrogen-bond donors (Lipinski definition) is 1. The first kappa shape index (κ1) is 16.9. The Bertz CT molecular complexity index is 810. The standard InChI is InChI=1S/C20H18FNO3/c21-17-11-9-15(10-12-17)18(19(22)23)25-20(24)16-7-5-14(6-8-16)13-3-1-2-4-13/h3,5-12,18H,1-2,4H2,(H2,22,23). The zero-order valence-corrected chi connectivity index (χ0v) is 13.6. The fourth-order valence-electron chi connectivity index (χ4n) is 2.86. The first-order valence-electron chi connectivity index (χ1n) is 8.10. The van der Waals surface area contributed by atoms with Crippen molar-refractivity contribution in [2.45, 2.75) is 25.4 Å². The van der Waals surface area contributed by atoms with Crippen molar-refractivity contribution in [1.82, 2.24) is 0 Å². The van der Waals surface area contributed by atoms with Crippen LogP contribution in [0.15, 0.2) is 54.6 Å². The van der Waals surface area contributed by atoms with Crippen molar-refractivity contribution in [3.8, 4) is 0 Å². The number of ether oxygens (including phenoxy) is 1. The summed E-state index contributed by atoms with van der Waals surface area (Å²) in [5.74, 6) is -1.91. The van der Waals surface area contributed by atoms with Gasteiger partial charge in [0, 0.05) is 5.56 Å². The second-order valence-electron chi connectivity index (χ2n) is 5.94. The minimum atomic E-state index is -1.26. The number of nitrogens with two attached hydrogens (primary N) is 1. The zero-order chi connectivity index (χ0) is 17.8. The number of carbonyl (C=O) groups is 2. The van der Waals surface area contributed by atoms with Crippen molar-refractivity contribution in [3.63, 3.8) is 0 Å². The fourth-order valence-corrected chi connectivity index (χ4v) is 2.86. The van der Waals surface area contributed by atoms with Gasteiger partial charge in [0.25, 0.3) is 5.91 Å². The number of halogens is 1. The molecule has 2 aromatic rings. The monoisotopic (exact) mass is 339 g/mol. The Labute approximate surface area is 145 Å². The molecule has 0 aromatic heterocycles. The summed E-state index contributed by atoms with van der Waals surface area (Å²) in [6.45, 7) is 0. The lowest BCUT2D eigenvalue weighted by Crippen LogP contribution is -2.26. The van der Waals surface area contributed by atoms with Crippen LogP contribution < -0.4 is 5.73 Å². The van der Waals surface area contributed by atoms with Crippen molar-refractivity contribution >= 4 is 17.4 Å². The van der Waals surface area contributed by atoms with Gasteiger partial charge < -0.3 is 10.5 Å². The average Bonchev–Trinajstić information content (AvgIpc) is 3.15. The molecule has 128 valence electrons. The molecule has 4 nitrogen and oxygen atoms in total. The zero-order valence-electron chi connectivity index (χ0n) is 13.6. The largest absolute Gasteiger partial charge is 0.444 e. The highest BCUT2D eigenvalue weighted by atomic mass is 19.1. The third-order valence-electron chi connectivity index (χ3n) is 4.19. The van der Waals surface area contributed by atoms with Gasteiger partial charge in [0.05, 0.1) is 5.56 Å². The molecule has 0 saturated heterocycles. The van der Waals surface area contributed by atoms with Crippen LogP contribution in [0.3, 0.4) is 0 Å². The molecular weight excluding hydrogens is 321 g/mol. The Hall–Kier alpha value is -2.95. The Balaban J connectivity index is 1.75. The lowest BCUT2D eigenvalue weighted by atomic mass is 10.0. The summed E-state index contributed by atoms with van der Waals surface area (Å²) in [5, 5.41) is 0. The summed E-state index contributed by atoms with van der Waals surface area (Å²) in [7, 11) is 0. The molecule has 3 rings (SSSR count). The topological polar surface area (TPSA) is 69.4 Å². The Morgan fingerprint density at radius 1 is 1.04 bits per heavy atom. The van der Waals surface area contributed by atoms with Gasteiger partial charge in [-0.1, -0.05) is 30.3 Å². The summed E-state index contributed by atoms with van der Waals surface area (Å²) >= 11 is 0. The first-order valence-corrected chi connectivity index (χ1v) is 8.10. The number of hydrogen-bond acceptors (Lipinski definition) is 3. The van der Waals surface area contributed by atoms with Crippen molar-refractivity contribution < 1.29 is 18.7 Å². The molecule has 0 bridgehead atoms. The van der Waals surface area contributed by atoms with Gasteiger partial charge in [-0.15, -0.1) is 0 Å². The van der Waals surface area contributed by atoms with E-state index in [1.807, 2.05) is 12.1 Å². The second-order valence-corrected chi connectivity index (χ2v) is 5.94. The molecule has 1 aliphatic rings. The van der Waals surface area contributed by atoms with Gasteiger partial charge in [-0.05, 0) is 54.7 Å². The number of amides is 1. The van der Waals surface area contributed by atoms with Gasteiger partial charge in [-0.3, -0.25) is 4.79 Å². The predicted molar refractivity (Wildman–Crippen MR) is 92.0 cm³/mol. The molecule has 0 spiro atoms. The molecule has 0 heterocycles. The van der Waals surface area contributed by atoms with Crippen LogP contribution in [0, 0.1) is 5.82 Å². The molecule has 2 N–H and O–H groups in total. The maximum absolute atomic E-state index is 13.0. The van der Waals surface area contributed by atoms with Gasteiger partial charge in [-0.25, -0.2) is 9.18 Å². The summed E-state index contributed by atoms with van der Waals surface area (Å²) < 4.78 is 18.3. The van der Waals surface area contributed by atoms with E-state index in [2.05, 4.69) is 6.08 Å². The van der Waals surface area contributed by atoms with E-state index in [1.165, 1.54) is 29.8 Å². The van der Waals surface area contributed by atoms with Gasteiger partial charge in [0.2, 0.25) is 6.10 Å². The molecule has 1 unspecified atom stereocenters. The quantitative estimate of drug-likeness (QED) is 0.843. The van der Waals surface area contributed by atoms with Crippen LogP contribution in [0.25, 0.3) is 5.57 Å². The van der Waals surface area contributed by atoms with Crippen LogP contribution in [0.1, 0.15) is 46.9 Å². The Morgan fingerprint density at radius 3 is 2.28 bits per heavy atom. The number of primary amides is 1. The molecule has 0 fully saturated rings. The van der Waals surface area contributed by atoms with Crippen LogP contribution >= 0.6 is 0 Å². The molecule has 0 radical (unpaired) electrons. The van der Waals surface area contributed by atoms with Gasteiger partial charge in [0.1, 0.15) is 5.82 Å². The summed E-state index contributed by atoms with van der Waals surface area (Å²) in [5.41, 5.74) is 8.34. The van der Waals surface area contributed by atoms with Crippen LogP contribution in [-0.4, -0.2) is 11.9 Å². The molecule has 25 heavy (non-hydrogen) atoms. The third kappa shape index (κ3) is 3.94. The van der Waals surface area contributed by atoms with E-state index in [9.17, 15) is 14.0 Å². The number of rotatable bonds is 5. The van der Waals surface area contributed by atoms with Gasteiger partial charge in [0.15, 0.2) is 0 Å². The van der Waals surface area contributed by atoms with Crippen LogP contribution in [0.5, 0.6) is 0 Å². The van der Waals surface area contributed by atoms with E-state index in [0.717, 1.165) is 24.8 Å². The number of carbonyl (C=O) groups excluding carboxylic acids is 2. The number of allylic oxidation sites excluding steroid dienone is 2. The molecule has 1 amide bonds. The lowest BCUT2D eigenvalue weighted by molar-refractivity contribution is -0.127. The van der Waals surface area contributed by atoms with Gasteiger partial charge >= 0.3 is 5.97 Å². The summed E-state index contributed by atoms with van der Waals surface area (Å²) in [6, 6.07) is 12.2. The minimum Gasteiger partial charge on any atom is -0.444 e. The highest BCUT2D eigenvalue weighted by Crippen LogP contribution is 2.28. The SMILES string of the molecule is NC(=O)C(OC(=O)c1ccc(C2=CCCC2)cc1)c1ccc(F)cc1. The molecule has 0 saturated carbocycles. The van der Waals surface area contributed by atoms with Crippen LogP contribution in [0.2, 0.25) is 0 Å². The van der Waals surface area contributed by atoms with Crippen molar-refractivity contribution in [2.24, 2.45) is 5.73 Å². The molecule has 2 aromatic carbocycles. The van der Waals surface area contributed by atoms with E-state index < -0.39 is 23.8 Å². The molecule has 1 atom stereocenters. The summed E-state index contributed by atoms with van der Waals surface area (Å²) in [4.78, 5) is 23.9. The molecule has 5 heteroatoms. The highest BCUT2D eigenvalue weighted by Gasteiger charge is 2.23. The van der Waals surface area contributed by atoms with E-state index in [4.69, 9.17) is 10.5 Å². The van der Waals surface area contributed by atoms with Crippen molar-refractivity contribution in [2.75, 3.05) is 0 Å². The average molecular weight is 339 g/mol. The van der Waals surface area contributed by atoms with Crippen molar-refractivity contribution in [1.29, 1.82) is 0 Å². The maximum Gasteiger partial charge on any atom is 0.339 e. The van der Waals surface area contributed by atoms with E-state index >= 15 is 0 Å². The second kappa shape index (κ2) is 7.30. The highest BCUT2D eigenvalue weighted by molar-refractivity contribution is 5.92. The number of esters is 1. The van der Waals surface area contributed by atoms with E-state index in [-0.39, 0.29) is 0 Å². The lowest BCUT2D eigenvalue weighted by Gasteiger charge is -2.15. The van der Waals surface area contributed by atoms with Crippen LogP contribution in [0.4, 0.5) is 4.39 Å². The third-order valence-corrected chi connectivity index (χ3v) is 4.19. The minimum absolute atomic E-state index is 0.329. The summed E-state index contributed by atoms with van der Waals surface area (Å²) in [6.07, 6.45) is 4.21. The molecule has 1 aliphatic carbocycles. The van der Waals surface area contributed by atoms with Gasteiger partial charge in [-0.2, -0.15) is 0 Å².